The van der Waals surface area contributed by atoms with E-state index in [1.165, 1.54) is 18.3 Å². The summed E-state index contributed by atoms with van der Waals surface area (Å²) in [6, 6.07) is 4.46. The molecule has 124 valence electrons. The lowest BCUT2D eigenvalue weighted by molar-refractivity contribution is 0.0903. The third-order valence-corrected chi connectivity index (χ3v) is 3.30. The minimum atomic E-state index is -0.770. The number of halogens is 2. The minimum absolute atomic E-state index is 0.0230. The van der Waals surface area contributed by atoms with Crippen LogP contribution >= 0.6 is 0 Å². The van der Waals surface area contributed by atoms with Crippen molar-refractivity contribution in [2.24, 2.45) is 5.92 Å². The zero-order valence-electron chi connectivity index (χ0n) is 13.0. The molecule has 0 saturated carbocycles. The number of aliphatic hydroxyl groups is 1. The van der Waals surface area contributed by atoms with Crippen LogP contribution in [-0.4, -0.2) is 33.4 Å². The van der Waals surface area contributed by atoms with E-state index in [4.69, 9.17) is 0 Å². The van der Waals surface area contributed by atoms with Gasteiger partial charge in [0.15, 0.2) is 17.3 Å². The molecule has 1 aromatic carbocycles. The summed E-state index contributed by atoms with van der Waals surface area (Å²) in [6.07, 6.45) is 1.93. The first kappa shape index (κ1) is 17.1. The van der Waals surface area contributed by atoms with Gasteiger partial charge in [0.05, 0.1) is 12.6 Å². The van der Waals surface area contributed by atoms with Gasteiger partial charge in [0.25, 0.3) is 5.91 Å². The molecule has 2 aromatic rings. The van der Waals surface area contributed by atoms with Gasteiger partial charge in [0.2, 0.25) is 0 Å². The second-order valence-corrected chi connectivity index (χ2v) is 5.70. The van der Waals surface area contributed by atoms with Crippen molar-refractivity contribution in [2.45, 2.75) is 26.3 Å². The first-order valence-electron chi connectivity index (χ1n) is 7.34. The van der Waals surface area contributed by atoms with Crippen molar-refractivity contribution in [3.05, 3.63) is 47.8 Å². The van der Waals surface area contributed by atoms with E-state index in [1.54, 1.807) is 0 Å². The Kier molecular flexibility index (Phi) is 5.44. The summed E-state index contributed by atoms with van der Waals surface area (Å²) in [5.74, 6) is -1.74. The van der Waals surface area contributed by atoms with Gasteiger partial charge in [-0.15, -0.1) is 0 Å². The molecule has 1 heterocycles. The number of amides is 1. The Morgan fingerprint density at radius 1 is 1.30 bits per heavy atom. The fraction of sp³-hybridized carbons (Fsp3) is 0.375. The molecule has 0 saturated heterocycles. The highest BCUT2D eigenvalue weighted by molar-refractivity contribution is 5.92. The zero-order chi connectivity index (χ0) is 17.0. The third-order valence-electron chi connectivity index (χ3n) is 3.30. The van der Waals surface area contributed by atoms with Crippen LogP contribution in [0.3, 0.4) is 0 Å². The molecule has 0 aliphatic carbocycles. The van der Waals surface area contributed by atoms with E-state index in [0.29, 0.717) is 12.3 Å². The van der Waals surface area contributed by atoms with Crippen LogP contribution in [0.25, 0.3) is 5.69 Å². The molecule has 1 atom stereocenters. The maximum absolute atomic E-state index is 13.7. The van der Waals surface area contributed by atoms with Gasteiger partial charge in [-0.2, -0.15) is 5.10 Å². The maximum Gasteiger partial charge on any atom is 0.272 e. The number of benzene rings is 1. The minimum Gasteiger partial charge on any atom is -0.394 e. The van der Waals surface area contributed by atoms with Gasteiger partial charge >= 0.3 is 0 Å². The molecule has 7 heteroatoms. The van der Waals surface area contributed by atoms with Crippen LogP contribution in [0.15, 0.2) is 30.5 Å². The van der Waals surface area contributed by atoms with Crippen molar-refractivity contribution >= 4 is 5.91 Å². The number of nitrogens with zero attached hydrogens (tertiary/aromatic N) is 2. The van der Waals surface area contributed by atoms with E-state index < -0.39 is 23.6 Å². The molecule has 0 aliphatic rings. The van der Waals surface area contributed by atoms with Gasteiger partial charge in [-0.3, -0.25) is 4.79 Å². The Hall–Kier alpha value is -2.28. The first-order valence-corrected chi connectivity index (χ1v) is 7.34. The smallest absolute Gasteiger partial charge is 0.272 e. The summed E-state index contributed by atoms with van der Waals surface area (Å²) in [5.41, 5.74) is -0.317. The van der Waals surface area contributed by atoms with Crippen LogP contribution in [0.2, 0.25) is 0 Å². The molecular weight excluding hydrogens is 304 g/mol. The van der Waals surface area contributed by atoms with Crippen molar-refractivity contribution < 1.29 is 18.7 Å². The van der Waals surface area contributed by atoms with Crippen LogP contribution in [0, 0.1) is 17.6 Å². The van der Waals surface area contributed by atoms with Gasteiger partial charge in [-0.25, -0.2) is 13.5 Å². The SMILES string of the molecule is CC(C)CC(CO)NC(=O)c1ccn(-c2c(F)cccc2F)n1. The Morgan fingerprint density at radius 2 is 1.96 bits per heavy atom. The number of rotatable bonds is 6. The van der Waals surface area contributed by atoms with E-state index in [1.807, 2.05) is 13.8 Å². The van der Waals surface area contributed by atoms with E-state index >= 15 is 0 Å². The second kappa shape index (κ2) is 7.32. The van der Waals surface area contributed by atoms with E-state index in [9.17, 15) is 18.7 Å². The highest BCUT2D eigenvalue weighted by Crippen LogP contribution is 2.17. The molecule has 0 fully saturated rings. The molecule has 0 bridgehead atoms. The predicted molar refractivity (Wildman–Crippen MR) is 81.3 cm³/mol. The van der Waals surface area contributed by atoms with Crippen molar-refractivity contribution in [3.63, 3.8) is 0 Å². The summed E-state index contributed by atoms with van der Waals surface area (Å²) in [4.78, 5) is 12.1. The molecule has 5 nitrogen and oxygen atoms in total. The Morgan fingerprint density at radius 3 is 2.52 bits per heavy atom. The summed E-state index contributed by atoms with van der Waals surface area (Å²) in [6.45, 7) is 3.77. The van der Waals surface area contributed by atoms with Crippen molar-refractivity contribution in [1.29, 1.82) is 0 Å². The first-order chi connectivity index (χ1) is 10.9. The van der Waals surface area contributed by atoms with Crippen molar-refractivity contribution in [2.75, 3.05) is 6.61 Å². The molecule has 1 aromatic heterocycles. The fourth-order valence-corrected chi connectivity index (χ4v) is 2.28. The predicted octanol–water partition coefficient (Wildman–Crippen LogP) is 2.29. The highest BCUT2D eigenvalue weighted by Gasteiger charge is 2.18. The van der Waals surface area contributed by atoms with Crippen LogP contribution in [0.4, 0.5) is 8.78 Å². The molecule has 1 amide bonds. The Bertz CT molecular complexity index is 665. The number of carbonyl (C=O) groups excluding carboxylic acids is 1. The molecule has 0 radical (unpaired) electrons. The lowest BCUT2D eigenvalue weighted by atomic mass is 10.0. The lowest BCUT2D eigenvalue weighted by Crippen LogP contribution is -2.38. The summed E-state index contributed by atoms with van der Waals surface area (Å²) in [5, 5.41) is 15.9. The molecule has 23 heavy (non-hydrogen) atoms. The quantitative estimate of drug-likeness (QED) is 0.857. The fourth-order valence-electron chi connectivity index (χ4n) is 2.28. The molecular formula is C16H19F2N3O2. The number of carbonyl (C=O) groups is 1. The number of aliphatic hydroxyl groups excluding tert-OH is 1. The van der Waals surface area contributed by atoms with Gasteiger partial charge in [-0.05, 0) is 30.5 Å². The van der Waals surface area contributed by atoms with Gasteiger partial charge in [0, 0.05) is 6.20 Å². The average molecular weight is 323 g/mol. The monoisotopic (exact) mass is 323 g/mol. The summed E-state index contributed by atoms with van der Waals surface area (Å²) >= 11 is 0. The standard InChI is InChI=1S/C16H19F2N3O2/c1-10(2)8-11(9-22)19-16(23)14-6-7-21(20-14)15-12(17)4-3-5-13(15)18/h3-7,10-11,22H,8-9H2,1-2H3,(H,19,23). The number of para-hydroxylation sites is 1. The molecule has 1 unspecified atom stereocenters. The van der Waals surface area contributed by atoms with Crippen LogP contribution in [0.5, 0.6) is 0 Å². The van der Waals surface area contributed by atoms with E-state index in [0.717, 1.165) is 16.8 Å². The molecule has 2 N–H and O–H groups in total. The number of hydrogen-bond donors (Lipinski definition) is 2. The Labute approximate surface area is 132 Å². The summed E-state index contributed by atoms with van der Waals surface area (Å²) < 4.78 is 28.4. The average Bonchev–Trinajstić information content (AvgIpc) is 2.95. The highest BCUT2D eigenvalue weighted by atomic mass is 19.1. The van der Waals surface area contributed by atoms with E-state index in [-0.39, 0.29) is 18.0 Å². The number of nitrogens with one attached hydrogen (secondary N) is 1. The Balaban J connectivity index is 2.17. The van der Waals surface area contributed by atoms with Crippen molar-refractivity contribution in [1.82, 2.24) is 15.1 Å². The van der Waals surface area contributed by atoms with Crippen LogP contribution < -0.4 is 5.32 Å². The van der Waals surface area contributed by atoms with Crippen LogP contribution in [0.1, 0.15) is 30.8 Å². The van der Waals surface area contributed by atoms with E-state index in [2.05, 4.69) is 10.4 Å². The zero-order valence-corrected chi connectivity index (χ0v) is 13.0. The lowest BCUT2D eigenvalue weighted by Gasteiger charge is -2.17. The normalized spacial score (nSPS) is 12.4. The third kappa shape index (κ3) is 4.13. The number of aromatic nitrogens is 2. The largest absolute Gasteiger partial charge is 0.394 e. The van der Waals surface area contributed by atoms with Crippen LogP contribution in [-0.2, 0) is 0 Å². The second-order valence-electron chi connectivity index (χ2n) is 5.70. The van der Waals surface area contributed by atoms with Gasteiger partial charge < -0.3 is 10.4 Å². The maximum atomic E-state index is 13.7. The summed E-state index contributed by atoms with van der Waals surface area (Å²) in [7, 11) is 0. The molecule has 0 aliphatic heterocycles. The topological polar surface area (TPSA) is 67.2 Å². The van der Waals surface area contributed by atoms with Crippen molar-refractivity contribution in [3.8, 4) is 5.69 Å². The molecule has 0 spiro atoms. The molecule has 2 rings (SSSR count). The number of hydrogen-bond acceptors (Lipinski definition) is 3. The van der Waals surface area contributed by atoms with Gasteiger partial charge in [0.1, 0.15) is 5.69 Å². The van der Waals surface area contributed by atoms with Gasteiger partial charge in [-0.1, -0.05) is 19.9 Å².